The molecule has 0 fully saturated rings. The Morgan fingerprint density at radius 3 is 2.64 bits per heavy atom. The normalized spacial score (nSPS) is 12.3. The number of carbonyl (C=O) groups excluding carboxylic acids is 1. The lowest BCUT2D eigenvalue weighted by Crippen LogP contribution is -2.28. The highest BCUT2D eigenvalue weighted by molar-refractivity contribution is 5.98. The Labute approximate surface area is 146 Å². The molecule has 1 amide bonds. The number of aromatic nitrogens is 1. The predicted octanol–water partition coefficient (Wildman–Crippen LogP) is 3.42. The van der Waals surface area contributed by atoms with Gasteiger partial charge in [-0.3, -0.25) is 4.79 Å². The summed E-state index contributed by atoms with van der Waals surface area (Å²) in [6, 6.07) is 14.6. The average Bonchev–Trinajstić information content (AvgIpc) is 3.07. The van der Waals surface area contributed by atoms with Gasteiger partial charge in [0.15, 0.2) is 0 Å². The van der Waals surface area contributed by atoms with Gasteiger partial charge < -0.3 is 20.1 Å². The van der Waals surface area contributed by atoms with Crippen molar-refractivity contribution in [3.8, 4) is 5.75 Å². The Morgan fingerprint density at radius 1 is 1.16 bits per heavy atom. The summed E-state index contributed by atoms with van der Waals surface area (Å²) in [6.07, 6.45) is 1.17. The van der Waals surface area contributed by atoms with Gasteiger partial charge in [0.05, 0.1) is 12.2 Å². The Balaban J connectivity index is 1.59. The van der Waals surface area contributed by atoms with Crippen molar-refractivity contribution < 1.29 is 14.6 Å². The smallest absolute Gasteiger partial charge is 0.251 e. The number of hydrogen-bond donors (Lipinski definition) is 3. The van der Waals surface area contributed by atoms with Gasteiger partial charge in [-0.25, -0.2) is 0 Å². The molecule has 0 aliphatic carbocycles. The van der Waals surface area contributed by atoms with Crippen molar-refractivity contribution in [2.24, 2.45) is 0 Å². The maximum Gasteiger partial charge on any atom is 0.251 e. The Hall–Kier alpha value is -2.79. The van der Waals surface area contributed by atoms with Gasteiger partial charge >= 0.3 is 0 Å². The molecule has 0 saturated carbocycles. The summed E-state index contributed by atoms with van der Waals surface area (Å²) in [7, 11) is 0. The number of nitrogens with one attached hydrogen (secondary N) is 2. The number of rotatable bonds is 6. The number of fused-ring (bicyclic) bond motifs is 1. The molecule has 1 heterocycles. The third-order valence-electron chi connectivity index (χ3n) is 3.91. The molecule has 130 valence electrons. The van der Waals surface area contributed by atoms with Crippen LogP contribution in [0.3, 0.4) is 0 Å². The zero-order chi connectivity index (χ0) is 17.8. The fraction of sp³-hybridized carbons (Fsp3) is 0.250. The van der Waals surface area contributed by atoms with Crippen LogP contribution in [0.25, 0.3) is 10.9 Å². The molecule has 1 atom stereocenters. The highest BCUT2D eigenvalue weighted by Crippen LogP contribution is 2.19. The van der Waals surface area contributed by atoms with E-state index in [1.54, 1.807) is 18.2 Å². The highest BCUT2D eigenvalue weighted by atomic mass is 16.5. The summed E-state index contributed by atoms with van der Waals surface area (Å²) in [6.45, 7) is 4.07. The first-order valence-corrected chi connectivity index (χ1v) is 8.33. The molecule has 0 aliphatic heterocycles. The van der Waals surface area contributed by atoms with E-state index in [9.17, 15) is 9.90 Å². The van der Waals surface area contributed by atoms with E-state index >= 15 is 0 Å². The first-order valence-electron chi connectivity index (χ1n) is 8.33. The van der Waals surface area contributed by atoms with Gasteiger partial charge in [-0.2, -0.15) is 0 Å². The van der Waals surface area contributed by atoms with Gasteiger partial charge in [0.25, 0.3) is 5.91 Å². The molecule has 3 rings (SSSR count). The van der Waals surface area contributed by atoms with E-state index in [0.717, 1.165) is 22.2 Å². The number of benzene rings is 2. The maximum absolute atomic E-state index is 12.3. The lowest BCUT2D eigenvalue weighted by molar-refractivity contribution is 0.0916. The number of aliphatic hydroxyl groups is 1. The number of aliphatic hydroxyl groups excluding tert-OH is 1. The zero-order valence-corrected chi connectivity index (χ0v) is 14.3. The Bertz CT molecular complexity index is 853. The molecule has 1 aromatic heterocycles. The fourth-order valence-corrected chi connectivity index (χ4v) is 2.64. The second kappa shape index (κ2) is 7.40. The summed E-state index contributed by atoms with van der Waals surface area (Å²) in [5.41, 5.74) is 2.29. The molecule has 3 N–H and O–H groups in total. The van der Waals surface area contributed by atoms with E-state index in [4.69, 9.17) is 4.74 Å². The van der Waals surface area contributed by atoms with Gasteiger partial charge in [0, 0.05) is 29.2 Å². The second-order valence-electron chi connectivity index (χ2n) is 6.24. The lowest BCUT2D eigenvalue weighted by Gasteiger charge is -2.14. The number of hydrogen-bond acceptors (Lipinski definition) is 3. The van der Waals surface area contributed by atoms with Gasteiger partial charge in [-0.05, 0) is 55.8 Å². The first-order chi connectivity index (χ1) is 12.0. The molecule has 0 spiro atoms. The van der Waals surface area contributed by atoms with Crippen molar-refractivity contribution in [2.75, 3.05) is 6.54 Å². The van der Waals surface area contributed by atoms with Crippen LogP contribution in [0.5, 0.6) is 5.75 Å². The quantitative estimate of drug-likeness (QED) is 0.645. The van der Waals surface area contributed by atoms with Gasteiger partial charge in [-0.1, -0.05) is 12.1 Å². The van der Waals surface area contributed by atoms with Gasteiger partial charge in [-0.15, -0.1) is 0 Å². The third-order valence-corrected chi connectivity index (χ3v) is 3.91. The third kappa shape index (κ3) is 4.19. The topological polar surface area (TPSA) is 74.3 Å². The summed E-state index contributed by atoms with van der Waals surface area (Å²) < 4.78 is 5.58. The summed E-state index contributed by atoms with van der Waals surface area (Å²) in [5.74, 6) is 0.553. The largest absolute Gasteiger partial charge is 0.491 e. The monoisotopic (exact) mass is 338 g/mol. The second-order valence-corrected chi connectivity index (χ2v) is 6.24. The van der Waals surface area contributed by atoms with Crippen LogP contribution in [0, 0.1) is 0 Å². The molecule has 2 aromatic carbocycles. The number of amides is 1. The molecule has 0 bridgehead atoms. The molecule has 0 aliphatic rings. The van der Waals surface area contributed by atoms with Crippen molar-refractivity contribution in [3.05, 3.63) is 65.9 Å². The molecular formula is C20H22N2O3. The average molecular weight is 338 g/mol. The molecule has 5 nitrogen and oxygen atoms in total. The van der Waals surface area contributed by atoms with Crippen LogP contribution in [0.2, 0.25) is 0 Å². The van der Waals surface area contributed by atoms with Crippen LogP contribution in [0.1, 0.15) is 35.9 Å². The summed E-state index contributed by atoms with van der Waals surface area (Å²) in [4.78, 5) is 15.4. The minimum absolute atomic E-state index is 0.104. The zero-order valence-electron chi connectivity index (χ0n) is 14.3. The molecule has 3 aromatic rings. The summed E-state index contributed by atoms with van der Waals surface area (Å²) >= 11 is 0. The first kappa shape index (κ1) is 17.0. The van der Waals surface area contributed by atoms with Crippen LogP contribution in [0.15, 0.2) is 54.7 Å². The number of H-pyrrole nitrogens is 1. The molecule has 25 heavy (non-hydrogen) atoms. The van der Waals surface area contributed by atoms with Crippen LogP contribution < -0.4 is 10.1 Å². The van der Waals surface area contributed by atoms with Gasteiger partial charge in [0.2, 0.25) is 0 Å². The minimum atomic E-state index is -0.770. The van der Waals surface area contributed by atoms with E-state index < -0.39 is 6.10 Å². The Morgan fingerprint density at radius 2 is 1.92 bits per heavy atom. The van der Waals surface area contributed by atoms with E-state index in [-0.39, 0.29) is 18.6 Å². The van der Waals surface area contributed by atoms with Crippen molar-refractivity contribution in [1.29, 1.82) is 0 Å². The Kier molecular flexibility index (Phi) is 5.05. The van der Waals surface area contributed by atoms with Crippen LogP contribution in [0.4, 0.5) is 0 Å². The lowest BCUT2D eigenvalue weighted by atomic mass is 10.1. The minimum Gasteiger partial charge on any atom is -0.491 e. The summed E-state index contributed by atoms with van der Waals surface area (Å²) in [5, 5.41) is 14.0. The van der Waals surface area contributed by atoms with Crippen molar-refractivity contribution in [1.82, 2.24) is 10.3 Å². The standard InChI is InChI=1S/C20H22N2O3/c1-13(2)25-17-6-3-14(4-7-17)19(23)12-22-20(24)16-5-8-18-15(11-16)9-10-21-18/h3-11,13,19,21,23H,12H2,1-2H3,(H,22,24). The van der Waals surface area contributed by atoms with E-state index in [1.165, 1.54) is 0 Å². The molecule has 0 radical (unpaired) electrons. The molecule has 0 saturated heterocycles. The molecule has 5 heteroatoms. The number of ether oxygens (including phenoxy) is 1. The van der Waals surface area contributed by atoms with Gasteiger partial charge in [0.1, 0.15) is 5.75 Å². The van der Waals surface area contributed by atoms with Crippen molar-refractivity contribution in [2.45, 2.75) is 26.1 Å². The molecular weight excluding hydrogens is 316 g/mol. The predicted molar refractivity (Wildman–Crippen MR) is 97.8 cm³/mol. The van der Waals surface area contributed by atoms with Crippen LogP contribution in [-0.2, 0) is 0 Å². The van der Waals surface area contributed by atoms with Crippen LogP contribution in [-0.4, -0.2) is 28.6 Å². The number of aromatic amines is 1. The van der Waals surface area contributed by atoms with Crippen LogP contribution >= 0.6 is 0 Å². The highest BCUT2D eigenvalue weighted by Gasteiger charge is 2.12. The molecule has 1 unspecified atom stereocenters. The van der Waals surface area contributed by atoms with E-state index in [0.29, 0.717) is 5.56 Å². The van der Waals surface area contributed by atoms with E-state index in [2.05, 4.69) is 10.3 Å². The maximum atomic E-state index is 12.3. The fourth-order valence-electron chi connectivity index (χ4n) is 2.64. The van der Waals surface area contributed by atoms with E-state index in [1.807, 2.05) is 50.4 Å². The number of carbonyl (C=O) groups is 1. The van der Waals surface area contributed by atoms with Crippen molar-refractivity contribution >= 4 is 16.8 Å². The van der Waals surface area contributed by atoms with Crippen molar-refractivity contribution in [3.63, 3.8) is 0 Å². The SMILES string of the molecule is CC(C)Oc1ccc(C(O)CNC(=O)c2ccc3[nH]ccc3c2)cc1.